The van der Waals surface area contributed by atoms with Crippen LogP contribution in [0.4, 0.5) is 0 Å². The molecule has 21 heavy (non-hydrogen) atoms. The number of ketones is 1. The topological polar surface area (TPSA) is 17.1 Å². The zero-order valence-corrected chi connectivity index (χ0v) is 14.0. The number of carbonyl (C=O) groups excluding carboxylic acids is 1. The van der Waals surface area contributed by atoms with Crippen molar-refractivity contribution in [3.8, 4) is 0 Å². The summed E-state index contributed by atoms with van der Waals surface area (Å²) in [5.74, 6) is 4.19. The first-order valence-electron chi connectivity index (χ1n) is 9.65. The van der Waals surface area contributed by atoms with Crippen LogP contribution in [-0.4, -0.2) is 5.78 Å². The molecule has 4 aliphatic carbocycles. The molecular weight excluding hydrogens is 256 g/mol. The lowest BCUT2D eigenvalue weighted by molar-refractivity contribution is -0.141. The van der Waals surface area contributed by atoms with E-state index >= 15 is 0 Å². The number of hydrogen-bond acceptors (Lipinski definition) is 1. The molecule has 4 rings (SSSR count). The number of hydrogen-bond donors (Lipinski definition) is 0. The predicted octanol–water partition coefficient (Wildman–Crippen LogP) is 5.38. The molecule has 0 heterocycles. The molecular formula is C20H32O. The molecule has 1 heteroatoms. The zero-order valence-electron chi connectivity index (χ0n) is 14.0. The molecule has 4 saturated carbocycles. The highest BCUT2D eigenvalue weighted by Gasteiger charge is 2.60. The lowest BCUT2D eigenvalue weighted by Crippen LogP contribution is -2.53. The van der Waals surface area contributed by atoms with E-state index in [1.54, 1.807) is 0 Å². The van der Waals surface area contributed by atoms with Gasteiger partial charge in [-0.05, 0) is 80.5 Å². The van der Waals surface area contributed by atoms with Crippen molar-refractivity contribution in [3.05, 3.63) is 0 Å². The van der Waals surface area contributed by atoms with E-state index < -0.39 is 0 Å². The van der Waals surface area contributed by atoms with Gasteiger partial charge < -0.3 is 0 Å². The van der Waals surface area contributed by atoms with Gasteiger partial charge >= 0.3 is 0 Å². The Morgan fingerprint density at radius 3 is 2.67 bits per heavy atom. The van der Waals surface area contributed by atoms with Gasteiger partial charge in [-0.15, -0.1) is 0 Å². The highest BCUT2D eigenvalue weighted by molar-refractivity contribution is 5.87. The van der Waals surface area contributed by atoms with Crippen LogP contribution in [0.15, 0.2) is 0 Å². The second kappa shape index (κ2) is 4.83. The van der Waals surface area contributed by atoms with Crippen LogP contribution in [0.1, 0.15) is 84.5 Å². The molecule has 6 atom stereocenters. The minimum absolute atomic E-state index is 0.110. The maximum Gasteiger partial charge on any atom is 0.139 e. The van der Waals surface area contributed by atoms with Crippen LogP contribution in [0.25, 0.3) is 0 Å². The summed E-state index contributed by atoms with van der Waals surface area (Å²) in [6.45, 7) is 4.91. The molecule has 1 unspecified atom stereocenters. The van der Waals surface area contributed by atoms with Gasteiger partial charge in [0.25, 0.3) is 0 Å². The normalized spacial score (nSPS) is 53.0. The Morgan fingerprint density at radius 2 is 1.86 bits per heavy atom. The van der Waals surface area contributed by atoms with Crippen molar-refractivity contribution < 1.29 is 4.79 Å². The molecule has 0 aromatic rings. The molecule has 118 valence electrons. The first-order valence-corrected chi connectivity index (χ1v) is 9.65. The van der Waals surface area contributed by atoms with Crippen molar-refractivity contribution in [2.24, 2.45) is 34.5 Å². The monoisotopic (exact) mass is 288 g/mol. The average molecular weight is 288 g/mol. The Kier molecular flexibility index (Phi) is 3.28. The van der Waals surface area contributed by atoms with E-state index in [1.807, 2.05) is 0 Å². The summed E-state index contributed by atoms with van der Waals surface area (Å²) >= 11 is 0. The van der Waals surface area contributed by atoms with E-state index in [4.69, 9.17) is 0 Å². The van der Waals surface area contributed by atoms with Crippen LogP contribution in [-0.2, 0) is 4.79 Å². The molecule has 4 fully saturated rings. The van der Waals surface area contributed by atoms with Crippen LogP contribution in [0, 0.1) is 34.5 Å². The van der Waals surface area contributed by atoms with Gasteiger partial charge in [0.15, 0.2) is 0 Å². The second-order valence-corrected chi connectivity index (χ2v) is 8.91. The number of Topliss-reactive ketones (excluding diaryl/α,β-unsaturated/α-hetero) is 1. The van der Waals surface area contributed by atoms with E-state index in [-0.39, 0.29) is 5.41 Å². The summed E-state index contributed by atoms with van der Waals surface area (Å²) in [5, 5.41) is 0. The van der Waals surface area contributed by atoms with E-state index in [9.17, 15) is 4.79 Å². The summed E-state index contributed by atoms with van der Waals surface area (Å²) in [7, 11) is 0. The molecule has 1 nitrogen and oxygen atoms in total. The SMILES string of the molecule is CC[C@]12CC[C@H]3[C@@H](CCC4CCCC[C@@]43C)[C@@H]1CCC2=O. The average Bonchev–Trinajstić information content (AvgIpc) is 2.84. The Labute approximate surface area is 130 Å². The molecule has 4 aliphatic rings. The van der Waals surface area contributed by atoms with Gasteiger partial charge in [-0.1, -0.05) is 26.7 Å². The molecule has 0 N–H and O–H groups in total. The van der Waals surface area contributed by atoms with Gasteiger partial charge in [-0.3, -0.25) is 4.79 Å². The van der Waals surface area contributed by atoms with Crippen LogP contribution < -0.4 is 0 Å². The van der Waals surface area contributed by atoms with Crippen LogP contribution in [0.5, 0.6) is 0 Å². The third-order valence-corrected chi connectivity index (χ3v) is 8.66. The van der Waals surface area contributed by atoms with Gasteiger partial charge in [-0.2, -0.15) is 0 Å². The van der Waals surface area contributed by atoms with Gasteiger partial charge in [0, 0.05) is 11.8 Å². The van der Waals surface area contributed by atoms with Crippen LogP contribution in [0.2, 0.25) is 0 Å². The maximum absolute atomic E-state index is 12.6. The van der Waals surface area contributed by atoms with Crippen molar-refractivity contribution in [1.29, 1.82) is 0 Å². The molecule has 0 saturated heterocycles. The minimum Gasteiger partial charge on any atom is -0.299 e. The fourth-order valence-corrected chi connectivity index (χ4v) is 7.52. The Bertz CT molecular complexity index is 441. The Morgan fingerprint density at radius 1 is 1.00 bits per heavy atom. The molecule has 0 aromatic carbocycles. The fraction of sp³-hybridized carbons (Fsp3) is 0.950. The van der Waals surface area contributed by atoms with Gasteiger partial charge in [0.1, 0.15) is 5.78 Å². The molecule has 0 bridgehead atoms. The predicted molar refractivity (Wildman–Crippen MR) is 86.0 cm³/mol. The van der Waals surface area contributed by atoms with Crippen LogP contribution >= 0.6 is 0 Å². The summed E-state index contributed by atoms with van der Waals surface area (Å²) in [6.07, 6.45) is 14.6. The molecule has 0 amide bonds. The lowest BCUT2D eigenvalue weighted by Gasteiger charge is -2.60. The van der Waals surface area contributed by atoms with Crippen LogP contribution in [0.3, 0.4) is 0 Å². The third-order valence-electron chi connectivity index (χ3n) is 8.66. The summed E-state index contributed by atoms with van der Waals surface area (Å²) in [4.78, 5) is 12.6. The van der Waals surface area contributed by atoms with Crippen molar-refractivity contribution in [2.45, 2.75) is 84.5 Å². The van der Waals surface area contributed by atoms with Gasteiger partial charge in [0.2, 0.25) is 0 Å². The van der Waals surface area contributed by atoms with Crippen molar-refractivity contribution >= 4 is 5.78 Å². The summed E-state index contributed by atoms with van der Waals surface area (Å²) in [5.41, 5.74) is 0.728. The van der Waals surface area contributed by atoms with Crippen molar-refractivity contribution in [2.75, 3.05) is 0 Å². The first-order chi connectivity index (χ1) is 10.1. The van der Waals surface area contributed by atoms with Crippen molar-refractivity contribution in [3.63, 3.8) is 0 Å². The molecule has 0 radical (unpaired) electrons. The lowest BCUT2D eigenvalue weighted by atomic mass is 9.45. The largest absolute Gasteiger partial charge is 0.299 e. The third kappa shape index (κ3) is 1.78. The molecule has 0 aromatic heterocycles. The van der Waals surface area contributed by atoms with Crippen molar-refractivity contribution in [1.82, 2.24) is 0 Å². The summed E-state index contributed by atoms with van der Waals surface area (Å²) in [6, 6.07) is 0. The number of rotatable bonds is 1. The molecule has 0 spiro atoms. The quantitative estimate of drug-likeness (QED) is 0.633. The van der Waals surface area contributed by atoms with Gasteiger partial charge in [0.05, 0.1) is 0 Å². The van der Waals surface area contributed by atoms with E-state index in [0.29, 0.717) is 11.2 Å². The van der Waals surface area contributed by atoms with E-state index in [0.717, 1.165) is 36.5 Å². The highest BCUT2D eigenvalue weighted by atomic mass is 16.1. The van der Waals surface area contributed by atoms with E-state index in [2.05, 4.69) is 13.8 Å². The van der Waals surface area contributed by atoms with E-state index in [1.165, 1.54) is 57.8 Å². The molecule has 0 aliphatic heterocycles. The van der Waals surface area contributed by atoms with Gasteiger partial charge in [-0.25, -0.2) is 0 Å². The zero-order chi connectivity index (χ0) is 14.7. The smallest absolute Gasteiger partial charge is 0.139 e. The standard InChI is InChI=1S/C20H32O/c1-3-20-13-11-16-15(17(20)9-10-18(20)21)8-7-14-6-4-5-12-19(14,16)2/h14-17H,3-13H2,1-2H3/t14?,15-,16+,17+,19+,20+/m1/s1. The minimum atomic E-state index is 0.110. The maximum atomic E-state index is 12.6. The second-order valence-electron chi connectivity index (χ2n) is 8.91. The summed E-state index contributed by atoms with van der Waals surface area (Å²) < 4.78 is 0. The first kappa shape index (κ1) is 14.3. The Hall–Kier alpha value is -0.330. The number of carbonyl (C=O) groups is 1. The Balaban J connectivity index is 1.66. The fourth-order valence-electron chi connectivity index (χ4n) is 7.52. The number of fused-ring (bicyclic) bond motifs is 5. The highest BCUT2D eigenvalue weighted by Crippen LogP contribution is 2.66.